The topological polar surface area (TPSA) is 130 Å². The molecule has 25 heavy (non-hydrogen) atoms. The van der Waals surface area contributed by atoms with E-state index in [1.165, 1.54) is 26.4 Å². The maximum absolute atomic E-state index is 12.8. The van der Waals surface area contributed by atoms with Gasteiger partial charge < -0.3 is 34.3 Å². The van der Waals surface area contributed by atoms with Crippen molar-refractivity contribution in [2.24, 2.45) is 0 Å². The molecule has 0 fully saturated rings. The molecule has 130 valence electrons. The Balaban J connectivity index is 2.55. The molecule has 2 aromatic carbocycles. The summed E-state index contributed by atoms with van der Waals surface area (Å²) in [6, 6.07) is 6.05. The molecule has 0 amide bonds. The molecule has 1 heterocycles. The van der Waals surface area contributed by atoms with E-state index in [2.05, 4.69) is 0 Å². The van der Waals surface area contributed by atoms with Crippen LogP contribution in [-0.2, 0) is 0 Å². The number of benzene rings is 2. The van der Waals surface area contributed by atoms with Gasteiger partial charge in [0, 0.05) is 0 Å². The van der Waals surface area contributed by atoms with E-state index >= 15 is 0 Å². The van der Waals surface area contributed by atoms with E-state index < -0.39 is 28.3 Å². The number of methoxy groups -OCH3 is 2. The lowest BCUT2D eigenvalue weighted by Crippen LogP contribution is -2.09. The van der Waals surface area contributed by atoms with Gasteiger partial charge in [-0.1, -0.05) is 12.1 Å². The number of fused-ring (bicyclic) bond motifs is 1. The first-order valence-electron chi connectivity index (χ1n) is 7.06. The molecular formula is C17H14O8. The van der Waals surface area contributed by atoms with Crippen LogP contribution in [0.25, 0.3) is 22.3 Å². The number of para-hydroxylation sites is 1. The standard InChI is InChI=1S/C17H14O8/c1-23-15-9-10(19)17(24-2)14(7-5-3-4-6-8(7)18)25-16(9)13(22)11(20)12(15)21/h3-6,18,20-22H,1-2H3. The number of ether oxygens (including phenoxy) is 2. The van der Waals surface area contributed by atoms with Gasteiger partial charge in [0.2, 0.25) is 28.4 Å². The van der Waals surface area contributed by atoms with Crippen molar-refractivity contribution in [2.75, 3.05) is 14.2 Å². The van der Waals surface area contributed by atoms with E-state index in [1.807, 2.05) is 0 Å². The van der Waals surface area contributed by atoms with Crippen molar-refractivity contribution in [3.05, 3.63) is 34.5 Å². The van der Waals surface area contributed by atoms with Crippen LogP contribution in [0.5, 0.6) is 34.5 Å². The second kappa shape index (κ2) is 5.82. The zero-order valence-corrected chi connectivity index (χ0v) is 13.2. The summed E-state index contributed by atoms with van der Waals surface area (Å²) in [5.74, 6) is -3.53. The highest BCUT2D eigenvalue weighted by Crippen LogP contribution is 2.50. The molecule has 0 atom stereocenters. The number of phenolic OH excluding ortho intramolecular Hbond substituents is 4. The van der Waals surface area contributed by atoms with Gasteiger partial charge in [-0.3, -0.25) is 4.79 Å². The van der Waals surface area contributed by atoms with Crippen LogP contribution in [0.15, 0.2) is 33.5 Å². The highest BCUT2D eigenvalue weighted by atomic mass is 16.5. The third-order valence-corrected chi connectivity index (χ3v) is 3.73. The number of rotatable bonds is 3. The number of phenols is 4. The quantitative estimate of drug-likeness (QED) is 0.532. The van der Waals surface area contributed by atoms with Crippen molar-refractivity contribution in [1.82, 2.24) is 0 Å². The van der Waals surface area contributed by atoms with E-state index in [4.69, 9.17) is 13.9 Å². The third kappa shape index (κ3) is 2.26. The number of hydrogen-bond donors (Lipinski definition) is 4. The molecule has 3 aromatic rings. The summed E-state index contributed by atoms with van der Waals surface area (Å²) >= 11 is 0. The summed E-state index contributed by atoms with van der Waals surface area (Å²) < 4.78 is 15.6. The summed E-state index contributed by atoms with van der Waals surface area (Å²) in [5, 5.41) is 39.5. The molecule has 8 nitrogen and oxygen atoms in total. The Hall–Kier alpha value is -3.55. The minimum absolute atomic E-state index is 0.143. The maximum Gasteiger partial charge on any atom is 0.239 e. The Labute approximate surface area is 140 Å². The van der Waals surface area contributed by atoms with Crippen molar-refractivity contribution in [3.63, 3.8) is 0 Å². The van der Waals surface area contributed by atoms with Gasteiger partial charge in [-0.2, -0.15) is 0 Å². The fourth-order valence-electron chi connectivity index (χ4n) is 2.56. The van der Waals surface area contributed by atoms with Crippen molar-refractivity contribution in [3.8, 4) is 45.8 Å². The van der Waals surface area contributed by atoms with Crippen LogP contribution in [0.4, 0.5) is 0 Å². The van der Waals surface area contributed by atoms with Gasteiger partial charge in [-0.25, -0.2) is 0 Å². The van der Waals surface area contributed by atoms with E-state index in [1.54, 1.807) is 12.1 Å². The van der Waals surface area contributed by atoms with Crippen LogP contribution in [-0.4, -0.2) is 34.6 Å². The number of aromatic hydroxyl groups is 4. The molecular weight excluding hydrogens is 332 g/mol. The molecule has 1 aromatic heterocycles. The van der Waals surface area contributed by atoms with Crippen molar-refractivity contribution >= 4 is 11.0 Å². The van der Waals surface area contributed by atoms with Crippen LogP contribution < -0.4 is 14.9 Å². The van der Waals surface area contributed by atoms with E-state index in [0.717, 1.165) is 0 Å². The second-order valence-corrected chi connectivity index (χ2v) is 5.09. The van der Waals surface area contributed by atoms with E-state index in [0.29, 0.717) is 0 Å². The molecule has 0 aliphatic heterocycles. The van der Waals surface area contributed by atoms with Gasteiger partial charge >= 0.3 is 0 Å². The van der Waals surface area contributed by atoms with Crippen LogP contribution >= 0.6 is 0 Å². The Morgan fingerprint density at radius 2 is 1.52 bits per heavy atom. The highest BCUT2D eigenvalue weighted by molar-refractivity contribution is 5.96. The van der Waals surface area contributed by atoms with Crippen LogP contribution in [0.2, 0.25) is 0 Å². The Morgan fingerprint density at radius 1 is 0.880 bits per heavy atom. The minimum atomic E-state index is -0.902. The third-order valence-electron chi connectivity index (χ3n) is 3.73. The summed E-state index contributed by atoms with van der Waals surface area (Å²) in [4.78, 5) is 12.8. The van der Waals surface area contributed by atoms with Crippen LogP contribution in [0.1, 0.15) is 0 Å². The summed E-state index contributed by atoms with van der Waals surface area (Å²) in [6.07, 6.45) is 0. The molecule has 0 saturated carbocycles. The van der Waals surface area contributed by atoms with Gasteiger partial charge in [0.05, 0.1) is 19.8 Å². The minimum Gasteiger partial charge on any atom is -0.507 e. The van der Waals surface area contributed by atoms with Crippen LogP contribution in [0, 0.1) is 0 Å². The predicted octanol–water partition coefficient (Wildman–Crippen LogP) is 2.30. The highest BCUT2D eigenvalue weighted by Gasteiger charge is 2.28. The van der Waals surface area contributed by atoms with Crippen molar-refractivity contribution < 1.29 is 34.3 Å². The molecule has 0 saturated heterocycles. The summed E-state index contributed by atoms with van der Waals surface area (Å²) in [5.41, 5.74) is -1.04. The molecule has 8 heteroatoms. The molecule has 0 radical (unpaired) electrons. The van der Waals surface area contributed by atoms with Gasteiger partial charge in [0.25, 0.3) is 0 Å². The van der Waals surface area contributed by atoms with Crippen LogP contribution in [0.3, 0.4) is 0 Å². The van der Waals surface area contributed by atoms with E-state index in [-0.39, 0.29) is 34.0 Å². The average molecular weight is 346 g/mol. The van der Waals surface area contributed by atoms with Gasteiger partial charge in [0.1, 0.15) is 11.1 Å². The normalized spacial score (nSPS) is 10.8. The Morgan fingerprint density at radius 3 is 2.12 bits per heavy atom. The van der Waals surface area contributed by atoms with Gasteiger partial charge in [-0.05, 0) is 12.1 Å². The van der Waals surface area contributed by atoms with Gasteiger partial charge in [0.15, 0.2) is 17.1 Å². The predicted molar refractivity (Wildman–Crippen MR) is 87.7 cm³/mol. The molecule has 0 aliphatic carbocycles. The van der Waals surface area contributed by atoms with E-state index in [9.17, 15) is 25.2 Å². The molecule has 0 spiro atoms. The van der Waals surface area contributed by atoms with Crippen molar-refractivity contribution in [1.29, 1.82) is 0 Å². The maximum atomic E-state index is 12.8. The Kier molecular flexibility index (Phi) is 3.80. The lowest BCUT2D eigenvalue weighted by Gasteiger charge is -2.14. The smallest absolute Gasteiger partial charge is 0.239 e. The Bertz CT molecular complexity index is 1040. The molecule has 3 rings (SSSR count). The number of hydrogen-bond acceptors (Lipinski definition) is 8. The monoisotopic (exact) mass is 346 g/mol. The SMILES string of the molecule is COc1c(-c2ccccc2O)oc2c(O)c(O)c(O)c(OC)c2c1=O. The summed E-state index contributed by atoms with van der Waals surface area (Å²) in [7, 11) is 2.40. The molecule has 0 bridgehead atoms. The molecule has 0 aliphatic rings. The summed E-state index contributed by atoms with van der Waals surface area (Å²) in [6.45, 7) is 0. The first-order valence-corrected chi connectivity index (χ1v) is 7.06. The lowest BCUT2D eigenvalue weighted by molar-refractivity contribution is 0.336. The zero-order chi connectivity index (χ0) is 18.3. The fraction of sp³-hybridized carbons (Fsp3) is 0.118. The van der Waals surface area contributed by atoms with Gasteiger partial charge in [-0.15, -0.1) is 0 Å². The van der Waals surface area contributed by atoms with Crippen molar-refractivity contribution in [2.45, 2.75) is 0 Å². The largest absolute Gasteiger partial charge is 0.507 e. The average Bonchev–Trinajstić information content (AvgIpc) is 2.61. The molecule has 0 unspecified atom stereocenters. The zero-order valence-electron chi connectivity index (χ0n) is 13.2. The molecule has 4 N–H and O–H groups in total. The fourth-order valence-corrected chi connectivity index (χ4v) is 2.56. The lowest BCUT2D eigenvalue weighted by atomic mass is 10.1. The first kappa shape index (κ1) is 16.3. The second-order valence-electron chi connectivity index (χ2n) is 5.09. The first-order chi connectivity index (χ1) is 11.9.